The van der Waals surface area contributed by atoms with Crippen LogP contribution in [-0.4, -0.2) is 121 Å². The van der Waals surface area contributed by atoms with Crippen LogP contribution in [-0.2, 0) is 45.4 Å². The number of aromatic nitrogens is 2. The van der Waals surface area contributed by atoms with Gasteiger partial charge in [0.25, 0.3) is 0 Å². The molecule has 3 aliphatic heterocycles. The maximum Gasteiger partial charge on any atom is 0.490 e. The standard InChI is InChI=1S/C47H58N10O8.C2HF3O2/c1-54-38-27-31(16-19-35(38)57(47(54)65)37-21-23-40(59)52-45(37)63)50-25-10-4-9-15-41(60)55-26-24-32-17-20-36(56(32)46(64)33(48)28-55)44(62)51-34(18-22-39(49)58)43(61)53-42(29-11-5-2-6-12-29)30-13-7-3-8-14-30;3-2(4,5)1(6)7/h2-3,5-8,11-14,16,19,27,32-34,36-37,42,50H,4,9-10,15,17-18,20-26,28,48H2,1H3,(H2,49,58)(H,51,62)(H,53,61)(H,52,59,63);(H,6,7)/t32-,33+,34+,36+,37?;/m1./s1. The van der Waals surface area contributed by atoms with E-state index in [4.69, 9.17) is 21.4 Å². The number of nitrogens with one attached hydrogen (secondary N) is 4. The van der Waals surface area contributed by atoms with Gasteiger partial charge in [0, 0.05) is 57.7 Å². The van der Waals surface area contributed by atoms with Crippen molar-refractivity contribution in [1.82, 2.24) is 34.9 Å². The van der Waals surface area contributed by atoms with E-state index in [0.29, 0.717) is 49.8 Å². The molecule has 4 heterocycles. The number of unbranched alkanes of at least 4 members (excludes halogenated alkanes) is 2. The molecule has 20 nitrogen and oxygen atoms in total. The third-order valence-corrected chi connectivity index (χ3v) is 13.0. The minimum atomic E-state index is -5.08. The molecular weight excluding hydrogens is 946 g/mol. The minimum Gasteiger partial charge on any atom is -0.475 e. The molecule has 3 aliphatic rings. The molecule has 3 fully saturated rings. The molecule has 0 radical (unpaired) electrons. The van der Waals surface area contributed by atoms with Gasteiger partial charge in [-0.2, -0.15) is 13.2 Å². The highest BCUT2D eigenvalue weighted by atomic mass is 19.4. The summed E-state index contributed by atoms with van der Waals surface area (Å²) in [5.74, 6) is -5.76. The van der Waals surface area contributed by atoms with Crippen molar-refractivity contribution in [3.8, 4) is 0 Å². The molecule has 4 aromatic rings. The predicted octanol–water partition coefficient (Wildman–Crippen LogP) is 2.50. The fraction of sp³-hybridized carbons (Fsp3) is 0.449. The lowest BCUT2D eigenvalue weighted by Crippen LogP contribution is -2.60. The van der Waals surface area contributed by atoms with E-state index in [1.807, 2.05) is 72.8 Å². The second kappa shape index (κ2) is 24.0. The number of halogens is 3. The molecule has 0 aliphatic carbocycles. The Morgan fingerprint density at radius 1 is 0.833 bits per heavy atom. The molecule has 9 N–H and O–H groups in total. The summed E-state index contributed by atoms with van der Waals surface area (Å²) in [4.78, 5) is 116. The zero-order valence-corrected chi connectivity index (χ0v) is 39.6. The van der Waals surface area contributed by atoms with Gasteiger partial charge >= 0.3 is 17.8 Å². The number of carbonyl (C=O) groups excluding carboxylic acids is 7. The van der Waals surface area contributed by atoms with Crippen LogP contribution >= 0.6 is 0 Å². The third kappa shape index (κ3) is 13.4. The van der Waals surface area contributed by atoms with Crippen LogP contribution in [0.15, 0.2) is 83.7 Å². The normalized spacial score (nSPS) is 19.6. The minimum absolute atomic E-state index is 0.0109. The van der Waals surface area contributed by atoms with Crippen molar-refractivity contribution in [2.75, 3.05) is 25.0 Å². The summed E-state index contributed by atoms with van der Waals surface area (Å²) < 4.78 is 34.7. The van der Waals surface area contributed by atoms with Crippen LogP contribution in [0, 0.1) is 0 Å². The van der Waals surface area contributed by atoms with E-state index in [1.165, 1.54) is 14.0 Å². The first kappa shape index (κ1) is 53.8. The van der Waals surface area contributed by atoms with Gasteiger partial charge in [-0.25, -0.2) is 9.59 Å². The van der Waals surface area contributed by atoms with Gasteiger partial charge in [-0.15, -0.1) is 0 Å². The van der Waals surface area contributed by atoms with Crippen molar-refractivity contribution >= 4 is 64.0 Å². The van der Waals surface area contributed by atoms with Gasteiger partial charge in [-0.1, -0.05) is 67.1 Å². The number of carboxylic acids is 1. The first-order chi connectivity index (χ1) is 34.2. The number of rotatable bonds is 17. The molecule has 0 spiro atoms. The number of imide groups is 1. The number of anilines is 1. The second-order valence-electron chi connectivity index (χ2n) is 18.0. The number of imidazole rings is 1. The van der Waals surface area contributed by atoms with Gasteiger partial charge in [0.1, 0.15) is 24.2 Å². The van der Waals surface area contributed by atoms with Crippen LogP contribution < -0.4 is 38.4 Å². The Morgan fingerprint density at radius 3 is 2.10 bits per heavy atom. The summed E-state index contributed by atoms with van der Waals surface area (Å²) in [5, 5.41) is 18.7. The summed E-state index contributed by atoms with van der Waals surface area (Å²) in [6, 6.07) is 19.6. The van der Waals surface area contributed by atoms with E-state index >= 15 is 0 Å². The number of nitrogens with zero attached hydrogens (tertiary/aromatic N) is 4. The highest BCUT2D eigenvalue weighted by Gasteiger charge is 2.45. The number of aliphatic carboxylic acids is 1. The highest BCUT2D eigenvalue weighted by Crippen LogP contribution is 2.30. The maximum atomic E-state index is 14.0. The Bertz CT molecular complexity index is 2660. The van der Waals surface area contributed by atoms with E-state index in [1.54, 1.807) is 18.0 Å². The van der Waals surface area contributed by atoms with Gasteiger partial charge in [-0.05, 0) is 74.3 Å². The molecule has 72 heavy (non-hydrogen) atoms. The van der Waals surface area contributed by atoms with E-state index < -0.39 is 71.9 Å². The van der Waals surface area contributed by atoms with Crippen molar-refractivity contribution in [3.05, 3.63) is 100 Å². The smallest absolute Gasteiger partial charge is 0.475 e. The fourth-order valence-electron chi connectivity index (χ4n) is 9.28. The molecule has 0 saturated carbocycles. The number of nitrogens with two attached hydrogens (primary N) is 2. The zero-order valence-electron chi connectivity index (χ0n) is 39.6. The number of primary amides is 1. The Balaban J connectivity index is 0.00000113. The fourth-order valence-corrected chi connectivity index (χ4v) is 9.28. The third-order valence-electron chi connectivity index (χ3n) is 13.0. The largest absolute Gasteiger partial charge is 0.490 e. The lowest BCUT2D eigenvalue weighted by Gasteiger charge is -2.37. The van der Waals surface area contributed by atoms with Crippen LogP contribution in [0.4, 0.5) is 18.9 Å². The van der Waals surface area contributed by atoms with Gasteiger partial charge < -0.3 is 42.3 Å². The summed E-state index contributed by atoms with van der Waals surface area (Å²) >= 11 is 0. The van der Waals surface area contributed by atoms with E-state index in [2.05, 4.69) is 21.3 Å². The Morgan fingerprint density at radius 2 is 1.49 bits per heavy atom. The second-order valence-corrected chi connectivity index (χ2v) is 18.0. The van der Waals surface area contributed by atoms with E-state index in [-0.39, 0.29) is 62.2 Å². The van der Waals surface area contributed by atoms with E-state index in [9.17, 15) is 51.5 Å². The number of aryl methyl sites for hydroxylation is 1. The zero-order chi connectivity index (χ0) is 52.3. The number of fused-ring (bicyclic) bond motifs is 2. The van der Waals surface area contributed by atoms with Crippen molar-refractivity contribution < 1.29 is 56.6 Å². The number of amides is 7. The molecule has 1 unspecified atom stereocenters. The van der Waals surface area contributed by atoms with E-state index in [0.717, 1.165) is 29.7 Å². The molecule has 5 atom stereocenters. The molecule has 1 aromatic heterocycles. The van der Waals surface area contributed by atoms with Gasteiger partial charge in [0.2, 0.25) is 41.4 Å². The van der Waals surface area contributed by atoms with Crippen molar-refractivity contribution in [3.63, 3.8) is 0 Å². The number of carboxylic acid groups (broad SMARTS) is 1. The van der Waals surface area contributed by atoms with Crippen LogP contribution in [0.25, 0.3) is 11.0 Å². The molecular formula is C49H59F3N10O10. The summed E-state index contributed by atoms with van der Waals surface area (Å²) in [6.45, 7) is 1.00. The molecule has 0 bridgehead atoms. The monoisotopic (exact) mass is 1000 g/mol. The molecule has 3 saturated heterocycles. The average molecular weight is 1010 g/mol. The molecule has 7 amide bonds. The highest BCUT2D eigenvalue weighted by molar-refractivity contribution is 6.00. The maximum absolute atomic E-state index is 14.0. The molecule has 23 heteroatoms. The van der Waals surface area contributed by atoms with Gasteiger partial charge in [0.15, 0.2) is 0 Å². The van der Waals surface area contributed by atoms with Crippen LogP contribution in [0.1, 0.15) is 93.8 Å². The summed E-state index contributed by atoms with van der Waals surface area (Å²) in [5.41, 5.74) is 15.3. The van der Waals surface area contributed by atoms with Gasteiger partial charge in [-0.3, -0.25) is 48.0 Å². The number of alkyl halides is 3. The molecule has 3 aromatic carbocycles. The number of hydrogen-bond acceptors (Lipinski definition) is 11. The summed E-state index contributed by atoms with van der Waals surface area (Å²) in [7, 11) is 1.65. The molecule has 7 rings (SSSR count). The van der Waals surface area contributed by atoms with Crippen LogP contribution in [0.5, 0.6) is 0 Å². The first-order valence-corrected chi connectivity index (χ1v) is 23.7. The van der Waals surface area contributed by atoms with Crippen molar-refractivity contribution in [2.24, 2.45) is 18.5 Å². The summed E-state index contributed by atoms with van der Waals surface area (Å²) in [6.07, 6.45) is -1.07. The Kier molecular flexibility index (Phi) is 18.0. The lowest BCUT2D eigenvalue weighted by atomic mass is 9.98. The van der Waals surface area contributed by atoms with Crippen LogP contribution in [0.2, 0.25) is 0 Å². The Hall–Kier alpha value is -7.56. The van der Waals surface area contributed by atoms with Crippen molar-refractivity contribution in [2.45, 2.75) is 113 Å². The van der Waals surface area contributed by atoms with Crippen molar-refractivity contribution in [1.29, 1.82) is 0 Å². The first-order valence-electron chi connectivity index (χ1n) is 23.7. The average Bonchev–Trinajstić information content (AvgIpc) is 3.88. The lowest BCUT2D eigenvalue weighted by molar-refractivity contribution is -0.192. The number of carbonyl (C=O) groups is 8. The number of piperidine rings is 1. The molecule has 386 valence electrons. The number of benzene rings is 3. The van der Waals surface area contributed by atoms with Crippen LogP contribution in [0.3, 0.4) is 0 Å². The SMILES string of the molecule is Cn1c(=O)n(C2CCC(=O)NC2=O)c2ccc(NCCCCCC(=O)N3CC[C@H]4CC[C@@H](C(=O)N[C@@H](CCC(N)=O)C(=O)NC(c5ccccc5)c5ccccc5)N4C(=O)[C@@H](N)C3)cc21.O=C(O)C(F)(F)F. The predicted molar refractivity (Wildman–Crippen MR) is 255 cm³/mol. The quantitative estimate of drug-likeness (QED) is 0.0594. The topological polar surface area (TPSA) is 290 Å². The Labute approximate surface area is 411 Å². The van der Waals surface area contributed by atoms with Gasteiger partial charge in [0.05, 0.1) is 17.1 Å². The number of hydrogen-bond donors (Lipinski definition) is 7.